The predicted octanol–water partition coefficient (Wildman–Crippen LogP) is 1.68. The highest BCUT2D eigenvalue weighted by molar-refractivity contribution is 5.69. The molecule has 2 aromatic heterocycles. The minimum atomic E-state index is -0.155. The third-order valence-corrected chi connectivity index (χ3v) is 4.02. The van der Waals surface area contributed by atoms with Gasteiger partial charge in [0.2, 0.25) is 0 Å². The summed E-state index contributed by atoms with van der Waals surface area (Å²) in [6.07, 6.45) is 1.44. The van der Waals surface area contributed by atoms with Gasteiger partial charge in [-0.3, -0.25) is 9.67 Å². The summed E-state index contributed by atoms with van der Waals surface area (Å²) in [4.78, 5) is 21.8. The summed E-state index contributed by atoms with van der Waals surface area (Å²) in [6.45, 7) is 4.93. The number of benzene rings is 1. The lowest BCUT2D eigenvalue weighted by Gasteiger charge is -2.35. The normalized spacial score (nSPS) is 13.3. The van der Waals surface area contributed by atoms with Crippen LogP contribution in [0.4, 0.5) is 5.69 Å². The van der Waals surface area contributed by atoms with E-state index in [4.69, 9.17) is 0 Å². The number of hydrogen-bond acceptors (Lipinski definition) is 4. The van der Waals surface area contributed by atoms with Crippen molar-refractivity contribution in [2.24, 2.45) is 0 Å². The van der Waals surface area contributed by atoms with Crippen LogP contribution in [-0.4, -0.2) is 30.8 Å². The summed E-state index contributed by atoms with van der Waals surface area (Å²) in [7, 11) is 0. The van der Waals surface area contributed by atoms with E-state index in [-0.39, 0.29) is 5.69 Å². The molecule has 0 bridgehead atoms. The molecule has 7 heteroatoms. The number of fused-ring (bicyclic) bond motifs is 3. The average Bonchev–Trinajstić information content (AvgIpc) is 3.14. The van der Waals surface area contributed by atoms with E-state index in [9.17, 15) is 4.79 Å². The topological polar surface area (TPSA) is 82.6 Å². The van der Waals surface area contributed by atoms with Crippen LogP contribution in [0.3, 0.4) is 0 Å². The van der Waals surface area contributed by atoms with Crippen LogP contribution in [0.2, 0.25) is 0 Å². The fraction of sp³-hybridized carbons (Fsp3) is 0.267. The Morgan fingerprint density at radius 2 is 2.00 bits per heavy atom. The molecule has 1 aromatic carbocycles. The third kappa shape index (κ3) is 1.71. The van der Waals surface area contributed by atoms with Crippen LogP contribution in [0.15, 0.2) is 35.4 Å². The summed E-state index contributed by atoms with van der Waals surface area (Å²) in [6, 6.07) is 8.27. The second-order valence-corrected chi connectivity index (χ2v) is 5.63. The zero-order valence-electron chi connectivity index (χ0n) is 12.4. The van der Waals surface area contributed by atoms with Crippen molar-refractivity contribution in [3.63, 3.8) is 0 Å². The highest BCUT2D eigenvalue weighted by Crippen LogP contribution is 2.34. The van der Waals surface area contributed by atoms with E-state index in [0.717, 1.165) is 17.1 Å². The minimum absolute atomic E-state index is 0.155. The summed E-state index contributed by atoms with van der Waals surface area (Å²) in [5, 5.41) is 6.70. The number of H-pyrrole nitrogens is 2. The molecule has 0 radical (unpaired) electrons. The first-order valence-corrected chi connectivity index (χ1v) is 7.22. The lowest BCUT2D eigenvalue weighted by molar-refractivity contribution is 0.645. The fourth-order valence-electron chi connectivity index (χ4n) is 3.00. The van der Waals surface area contributed by atoms with Gasteiger partial charge in [0.05, 0.1) is 23.6 Å². The van der Waals surface area contributed by atoms with E-state index in [1.54, 1.807) is 4.57 Å². The van der Waals surface area contributed by atoms with Crippen molar-refractivity contribution in [2.75, 3.05) is 4.90 Å². The van der Waals surface area contributed by atoms with Gasteiger partial charge in [0.1, 0.15) is 12.0 Å². The summed E-state index contributed by atoms with van der Waals surface area (Å²) in [5.41, 5.74) is 3.40. The zero-order valence-corrected chi connectivity index (χ0v) is 12.4. The van der Waals surface area contributed by atoms with Gasteiger partial charge < -0.3 is 9.88 Å². The van der Waals surface area contributed by atoms with Gasteiger partial charge in [0.25, 0.3) is 0 Å². The van der Waals surface area contributed by atoms with Gasteiger partial charge in [-0.2, -0.15) is 5.10 Å². The highest BCUT2D eigenvalue weighted by Gasteiger charge is 2.29. The van der Waals surface area contributed by atoms with Crippen LogP contribution in [0, 0.1) is 0 Å². The Morgan fingerprint density at radius 3 is 2.68 bits per heavy atom. The number of rotatable bonds is 2. The van der Waals surface area contributed by atoms with Gasteiger partial charge in [-0.05, 0) is 26.0 Å². The number of nitrogens with one attached hydrogen (secondary N) is 2. The molecule has 0 saturated carbocycles. The largest absolute Gasteiger partial charge is 0.361 e. The number of para-hydroxylation sites is 2. The second-order valence-electron chi connectivity index (χ2n) is 5.63. The van der Waals surface area contributed by atoms with Gasteiger partial charge in [-0.15, -0.1) is 0 Å². The van der Waals surface area contributed by atoms with E-state index >= 15 is 0 Å². The zero-order chi connectivity index (χ0) is 15.3. The molecular formula is C15H16N6O. The quantitative estimate of drug-likeness (QED) is 0.753. The summed E-state index contributed by atoms with van der Waals surface area (Å²) >= 11 is 0. The number of nitrogens with zero attached hydrogens (tertiary/aromatic N) is 4. The monoisotopic (exact) mass is 296 g/mol. The molecular weight excluding hydrogens is 280 g/mol. The minimum Gasteiger partial charge on any atom is -0.361 e. The highest BCUT2D eigenvalue weighted by atomic mass is 16.1. The van der Waals surface area contributed by atoms with Crippen molar-refractivity contribution in [1.29, 1.82) is 0 Å². The molecule has 4 rings (SSSR count). The van der Waals surface area contributed by atoms with Crippen LogP contribution < -0.4 is 10.6 Å². The maximum Gasteiger partial charge on any atom is 0.331 e. The van der Waals surface area contributed by atoms with Crippen LogP contribution in [0.1, 0.15) is 19.5 Å². The van der Waals surface area contributed by atoms with Gasteiger partial charge in [-0.25, -0.2) is 9.78 Å². The standard InChI is InChI=1S/C15H16N6O/c1-9(2)20-7-12-13(14-16-8-17-19-14)18-15(22)21(12)11-6-4-3-5-10(11)20/h3-6,8-9H,7H2,1-2H3,(H,18,22)(H,16,17,19). The molecule has 3 heterocycles. The average molecular weight is 296 g/mol. The number of aromatic nitrogens is 5. The van der Waals surface area contributed by atoms with E-state index < -0.39 is 0 Å². The Balaban J connectivity index is 2.00. The van der Waals surface area contributed by atoms with Crippen molar-refractivity contribution in [1.82, 2.24) is 24.7 Å². The third-order valence-electron chi connectivity index (χ3n) is 4.02. The smallest absolute Gasteiger partial charge is 0.331 e. The molecule has 2 N–H and O–H groups in total. The van der Waals surface area contributed by atoms with Crippen molar-refractivity contribution < 1.29 is 0 Å². The predicted molar refractivity (Wildman–Crippen MR) is 83.1 cm³/mol. The first kappa shape index (κ1) is 12.9. The van der Waals surface area contributed by atoms with Gasteiger partial charge in [0.15, 0.2) is 5.82 Å². The SMILES string of the molecule is CC(C)N1Cc2c(-c3ncn[nH]3)[nH]c(=O)n2-c2ccccc21. The van der Waals surface area contributed by atoms with E-state index in [1.165, 1.54) is 6.33 Å². The second kappa shape index (κ2) is 4.59. The van der Waals surface area contributed by atoms with Crippen LogP contribution in [0.5, 0.6) is 0 Å². The Bertz CT molecular complexity index is 874. The van der Waals surface area contributed by atoms with E-state index in [1.807, 2.05) is 24.3 Å². The van der Waals surface area contributed by atoms with Crippen LogP contribution in [-0.2, 0) is 6.54 Å². The Kier molecular flexibility index (Phi) is 2.69. The number of aromatic amines is 2. The van der Waals surface area contributed by atoms with Gasteiger partial charge >= 0.3 is 5.69 Å². The molecule has 0 unspecified atom stereocenters. The fourth-order valence-corrected chi connectivity index (χ4v) is 3.00. The molecule has 1 aliphatic heterocycles. The maximum absolute atomic E-state index is 12.4. The molecule has 0 amide bonds. The first-order valence-electron chi connectivity index (χ1n) is 7.22. The maximum atomic E-state index is 12.4. The summed E-state index contributed by atoms with van der Waals surface area (Å²) < 4.78 is 1.73. The van der Waals surface area contributed by atoms with E-state index in [2.05, 4.69) is 38.9 Å². The van der Waals surface area contributed by atoms with Crippen LogP contribution >= 0.6 is 0 Å². The first-order chi connectivity index (χ1) is 10.7. The molecule has 0 atom stereocenters. The molecule has 0 fully saturated rings. The molecule has 22 heavy (non-hydrogen) atoms. The molecule has 7 nitrogen and oxygen atoms in total. The van der Waals surface area contributed by atoms with Crippen molar-refractivity contribution in [3.05, 3.63) is 46.8 Å². The Morgan fingerprint density at radius 1 is 1.23 bits per heavy atom. The molecule has 3 aromatic rings. The van der Waals surface area contributed by atoms with Crippen molar-refractivity contribution in [2.45, 2.75) is 26.4 Å². The van der Waals surface area contributed by atoms with Crippen molar-refractivity contribution >= 4 is 5.69 Å². The lowest BCUT2D eigenvalue weighted by atomic mass is 10.1. The number of hydrogen-bond donors (Lipinski definition) is 2. The van der Waals surface area contributed by atoms with Crippen molar-refractivity contribution in [3.8, 4) is 17.2 Å². The number of imidazole rings is 1. The lowest BCUT2D eigenvalue weighted by Crippen LogP contribution is -2.36. The van der Waals surface area contributed by atoms with Gasteiger partial charge in [0, 0.05) is 6.04 Å². The molecule has 1 aliphatic rings. The Hall–Kier alpha value is -2.83. The summed E-state index contributed by atoms with van der Waals surface area (Å²) in [5.74, 6) is 0.578. The molecule has 0 saturated heterocycles. The van der Waals surface area contributed by atoms with Gasteiger partial charge in [-0.1, -0.05) is 12.1 Å². The van der Waals surface area contributed by atoms with E-state index in [0.29, 0.717) is 24.1 Å². The molecule has 0 spiro atoms. The molecule has 0 aliphatic carbocycles. The molecule has 112 valence electrons. The van der Waals surface area contributed by atoms with Crippen LogP contribution in [0.25, 0.3) is 17.2 Å². The Labute approximate surface area is 126 Å². The number of anilines is 1.